The Morgan fingerprint density at radius 3 is 2.00 bits per heavy atom. The highest BCUT2D eigenvalue weighted by Gasteiger charge is 2.25. The largest absolute Gasteiger partial charge is 0.493 e. The molecule has 0 fully saturated rings. The number of amides is 1. The number of benzene rings is 4. The second-order valence-corrected chi connectivity index (χ2v) is 12.1. The fraction of sp³-hybridized carbons (Fsp3) is 0.300. The van der Waals surface area contributed by atoms with Crippen molar-refractivity contribution in [2.75, 3.05) is 54.1 Å². The van der Waals surface area contributed by atoms with Crippen LogP contribution in [0.2, 0.25) is 0 Å². The van der Waals surface area contributed by atoms with Crippen molar-refractivity contribution in [3.63, 3.8) is 0 Å². The lowest BCUT2D eigenvalue weighted by atomic mass is 10.0. The van der Waals surface area contributed by atoms with Crippen LogP contribution >= 0.6 is 0 Å². The first-order chi connectivity index (χ1) is 25.3. The molecule has 5 aromatic rings. The average molecular weight is 710 g/mol. The summed E-state index contributed by atoms with van der Waals surface area (Å²) in [6, 6.07) is 22.6. The van der Waals surface area contributed by atoms with E-state index in [2.05, 4.69) is 15.8 Å². The zero-order valence-electron chi connectivity index (χ0n) is 30.2. The molecule has 2 heterocycles. The molecule has 6 rings (SSSR count). The van der Waals surface area contributed by atoms with Crippen molar-refractivity contribution in [1.29, 1.82) is 0 Å². The lowest BCUT2D eigenvalue weighted by molar-refractivity contribution is 0.0935. The van der Waals surface area contributed by atoms with Gasteiger partial charge in [-0.1, -0.05) is 22.9 Å². The number of nitrogens with one attached hydrogen (secondary N) is 2. The third kappa shape index (κ3) is 7.80. The lowest BCUT2D eigenvalue weighted by Crippen LogP contribution is -2.38. The summed E-state index contributed by atoms with van der Waals surface area (Å²) in [6.07, 6.45) is 2.15. The van der Waals surface area contributed by atoms with Crippen molar-refractivity contribution in [3.05, 3.63) is 89.5 Å². The molecule has 12 nitrogen and oxygen atoms in total. The van der Waals surface area contributed by atoms with Gasteiger partial charge in [0.1, 0.15) is 11.9 Å². The van der Waals surface area contributed by atoms with Gasteiger partial charge in [-0.3, -0.25) is 4.79 Å². The number of hydrogen-bond donors (Lipinski definition) is 2. The van der Waals surface area contributed by atoms with Gasteiger partial charge in [-0.25, -0.2) is 0 Å². The van der Waals surface area contributed by atoms with Crippen LogP contribution in [-0.2, 0) is 0 Å². The maximum Gasteiger partial charge on any atom is 0.255 e. The molecule has 12 heteroatoms. The number of nitrogens with zero attached hydrogens (tertiary/aromatic N) is 1. The highest BCUT2D eigenvalue weighted by molar-refractivity contribution is 6.02. The summed E-state index contributed by atoms with van der Waals surface area (Å²) >= 11 is 0. The Kier molecular flexibility index (Phi) is 11.2. The summed E-state index contributed by atoms with van der Waals surface area (Å²) in [7, 11) is 7.91. The van der Waals surface area contributed by atoms with Crippen molar-refractivity contribution < 1.29 is 42.5 Å². The number of ether oxygens (including phenoxy) is 7. The number of rotatable bonds is 16. The molecular formula is C40H43N3O9. The van der Waals surface area contributed by atoms with Crippen molar-refractivity contribution >= 4 is 11.6 Å². The summed E-state index contributed by atoms with van der Waals surface area (Å²) in [5.41, 5.74) is 5.51. The summed E-state index contributed by atoms with van der Waals surface area (Å²) in [6.45, 7) is 2.98. The maximum atomic E-state index is 12.7. The molecule has 0 spiro atoms. The fourth-order valence-corrected chi connectivity index (χ4v) is 5.99. The van der Waals surface area contributed by atoms with E-state index >= 15 is 0 Å². The summed E-state index contributed by atoms with van der Waals surface area (Å²) in [4.78, 5) is 12.7. The van der Waals surface area contributed by atoms with Gasteiger partial charge in [-0.15, -0.1) is 0 Å². The normalized spacial score (nSPS) is 13.3. The second-order valence-electron chi connectivity index (χ2n) is 12.1. The molecular weight excluding hydrogens is 666 g/mol. The van der Waals surface area contributed by atoms with Crippen molar-refractivity contribution in [2.45, 2.75) is 32.4 Å². The third-order valence-electron chi connectivity index (χ3n) is 8.74. The Labute approximate surface area is 302 Å². The lowest BCUT2D eigenvalue weighted by Gasteiger charge is -2.28. The SMILES string of the molecule is COc1cc(C2NC(=O)c3cc(C)ccc3N2)ccc1OCCCCCOc1cc(-c2cc(-c3cc(OC)c(OC)c(OC)c3)on2)ccc1OC. The van der Waals surface area contributed by atoms with Crippen LogP contribution in [0, 0.1) is 6.92 Å². The smallest absolute Gasteiger partial charge is 0.255 e. The topological polar surface area (TPSA) is 132 Å². The Morgan fingerprint density at radius 1 is 0.635 bits per heavy atom. The molecule has 0 radical (unpaired) electrons. The molecule has 1 aliphatic heterocycles. The average Bonchev–Trinajstić information content (AvgIpc) is 3.67. The van der Waals surface area contributed by atoms with Gasteiger partial charge in [0.05, 0.1) is 54.3 Å². The van der Waals surface area contributed by atoms with Gasteiger partial charge in [0, 0.05) is 22.9 Å². The molecule has 1 aliphatic rings. The van der Waals surface area contributed by atoms with E-state index in [1.54, 1.807) is 35.5 Å². The van der Waals surface area contributed by atoms with E-state index in [-0.39, 0.29) is 12.1 Å². The number of hydrogen-bond acceptors (Lipinski definition) is 11. The van der Waals surface area contributed by atoms with E-state index in [9.17, 15) is 4.79 Å². The fourth-order valence-electron chi connectivity index (χ4n) is 5.99. The van der Waals surface area contributed by atoms with Crippen LogP contribution in [0.5, 0.6) is 40.2 Å². The van der Waals surface area contributed by atoms with Crippen LogP contribution in [-0.4, -0.2) is 59.8 Å². The Balaban J connectivity index is 1.01. The minimum absolute atomic E-state index is 0.116. The first kappa shape index (κ1) is 35.8. The monoisotopic (exact) mass is 709 g/mol. The number of methoxy groups -OCH3 is 5. The van der Waals surface area contributed by atoms with Crippen LogP contribution < -0.4 is 43.8 Å². The minimum atomic E-state index is -0.382. The third-order valence-corrected chi connectivity index (χ3v) is 8.74. The molecule has 0 saturated heterocycles. The van der Waals surface area contributed by atoms with Gasteiger partial charge in [0.25, 0.3) is 5.91 Å². The van der Waals surface area contributed by atoms with Gasteiger partial charge < -0.3 is 48.3 Å². The predicted molar refractivity (Wildman–Crippen MR) is 196 cm³/mol. The highest BCUT2D eigenvalue weighted by Crippen LogP contribution is 2.42. The molecule has 1 atom stereocenters. The van der Waals surface area contributed by atoms with E-state index in [4.69, 9.17) is 37.7 Å². The van der Waals surface area contributed by atoms with Gasteiger partial charge in [-0.05, 0) is 86.3 Å². The molecule has 1 amide bonds. The number of anilines is 1. The van der Waals surface area contributed by atoms with Gasteiger partial charge in [0.15, 0.2) is 40.3 Å². The Morgan fingerprint density at radius 2 is 1.31 bits per heavy atom. The van der Waals surface area contributed by atoms with E-state index in [0.717, 1.165) is 47.2 Å². The Bertz CT molecular complexity index is 2000. The molecule has 1 aromatic heterocycles. The standard InChI is InChI=1S/C40H43N3O9/c1-24-10-13-29-28(18-24)40(44)42-39(41-29)26-12-15-32(34(20-26)46-3)50-16-8-7-9-17-51-35-19-25(11-14-31(35)45-2)30-23-33(52-43-30)27-21-36(47-4)38(49-6)37(22-27)48-5/h10-15,18-23,39,41H,7-9,16-17H2,1-6H3,(H,42,44). The zero-order valence-corrected chi connectivity index (χ0v) is 30.2. The van der Waals surface area contributed by atoms with E-state index < -0.39 is 0 Å². The molecule has 1 unspecified atom stereocenters. The number of carbonyl (C=O) groups is 1. The van der Waals surface area contributed by atoms with E-state index in [0.29, 0.717) is 70.5 Å². The number of aryl methyl sites for hydroxylation is 1. The second kappa shape index (κ2) is 16.3. The number of unbranched alkanes of at least 4 members (excludes halogenated alkanes) is 2. The molecule has 52 heavy (non-hydrogen) atoms. The number of carbonyl (C=O) groups excluding carboxylic acids is 1. The number of aromatic nitrogens is 1. The van der Waals surface area contributed by atoms with Crippen LogP contribution in [0.25, 0.3) is 22.6 Å². The van der Waals surface area contributed by atoms with Crippen LogP contribution in [0.4, 0.5) is 5.69 Å². The van der Waals surface area contributed by atoms with Gasteiger partial charge >= 0.3 is 0 Å². The van der Waals surface area contributed by atoms with Crippen molar-refractivity contribution in [3.8, 4) is 62.8 Å². The molecule has 0 saturated carbocycles. The van der Waals surface area contributed by atoms with Crippen molar-refractivity contribution in [2.24, 2.45) is 0 Å². The van der Waals surface area contributed by atoms with Gasteiger partial charge in [0.2, 0.25) is 5.75 Å². The summed E-state index contributed by atoms with van der Waals surface area (Å²) in [5, 5.41) is 10.7. The first-order valence-corrected chi connectivity index (χ1v) is 16.9. The minimum Gasteiger partial charge on any atom is -0.493 e. The zero-order chi connectivity index (χ0) is 36.6. The molecule has 272 valence electrons. The van der Waals surface area contributed by atoms with E-state index in [1.165, 1.54) is 0 Å². The predicted octanol–water partition coefficient (Wildman–Crippen LogP) is 7.84. The van der Waals surface area contributed by atoms with Gasteiger partial charge in [-0.2, -0.15) is 0 Å². The van der Waals surface area contributed by atoms with Crippen molar-refractivity contribution in [1.82, 2.24) is 10.5 Å². The van der Waals surface area contributed by atoms with E-state index in [1.807, 2.05) is 79.7 Å². The van der Waals surface area contributed by atoms with Crippen LogP contribution in [0.1, 0.15) is 46.9 Å². The summed E-state index contributed by atoms with van der Waals surface area (Å²) < 4.78 is 45.5. The Hall–Kier alpha value is -6.04. The quantitative estimate of drug-likeness (QED) is 0.0972. The first-order valence-electron chi connectivity index (χ1n) is 16.9. The molecule has 4 aromatic carbocycles. The molecule has 0 aliphatic carbocycles. The maximum absolute atomic E-state index is 12.7. The van der Waals surface area contributed by atoms with Crippen LogP contribution in [0.3, 0.4) is 0 Å². The molecule has 0 bridgehead atoms. The summed E-state index contributed by atoms with van der Waals surface area (Å²) in [5.74, 6) is 4.43. The highest BCUT2D eigenvalue weighted by atomic mass is 16.5. The molecule has 2 N–H and O–H groups in total. The van der Waals surface area contributed by atoms with Crippen LogP contribution in [0.15, 0.2) is 77.3 Å². The number of fused-ring (bicyclic) bond motifs is 1.